The van der Waals surface area contributed by atoms with Gasteiger partial charge < -0.3 is 10.1 Å². The summed E-state index contributed by atoms with van der Waals surface area (Å²) in [6, 6.07) is 0. The molecule has 0 rings (SSSR count). The Hall–Kier alpha value is -0.290. The van der Waals surface area contributed by atoms with Crippen LogP contribution in [0.5, 0.6) is 0 Å². The molecule has 0 aromatic rings. The summed E-state index contributed by atoms with van der Waals surface area (Å²) >= 11 is 0. The molecule has 2 nitrogen and oxygen atoms in total. The first-order valence-corrected chi connectivity index (χ1v) is 5.41. The predicted molar refractivity (Wildman–Crippen MR) is 53.9 cm³/mol. The van der Waals surface area contributed by atoms with E-state index in [4.69, 9.17) is 4.74 Å². The van der Waals surface area contributed by atoms with Gasteiger partial charge in [0.1, 0.15) is 0 Å². The van der Waals surface area contributed by atoms with Crippen molar-refractivity contribution < 1.29 is 17.9 Å². The van der Waals surface area contributed by atoms with Crippen molar-refractivity contribution in [2.45, 2.75) is 38.8 Å². The molecule has 5 heteroatoms. The lowest BCUT2D eigenvalue weighted by molar-refractivity contribution is -0.135. The third-order valence-electron chi connectivity index (χ3n) is 1.88. The van der Waals surface area contributed by atoms with Gasteiger partial charge in [-0.1, -0.05) is 13.3 Å². The maximum absolute atomic E-state index is 11.7. The number of ether oxygens (including phenoxy) is 1. The summed E-state index contributed by atoms with van der Waals surface area (Å²) in [6.07, 6.45) is -2.47. The van der Waals surface area contributed by atoms with Gasteiger partial charge in [-0.25, -0.2) is 0 Å². The molecule has 0 aromatic heterocycles. The first-order chi connectivity index (χ1) is 7.06. The Kier molecular flexibility index (Phi) is 8.80. The lowest BCUT2D eigenvalue weighted by atomic mass is 10.3. The van der Waals surface area contributed by atoms with E-state index in [0.717, 1.165) is 19.4 Å². The highest BCUT2D eigenvalue weighted by Gasteiger charge is 2.25. The van der Waals surface area contributed by atoms with Crippen LogP contribution in [0.15, 0.2) is 0 Å². The van der Waals surface area contributed by atoms with Crippen LogP contribution < -0.4 is 5.32 Å². The van der Waals surface area contributed by atoms with E-state index in [1.165, 1.54) is 0 Å². The molecule has 0 bridgehead atoms. The van der Waals surface area contributed by atoms with Crippen LogP contribution in [0, 0.1) is 0 Å². The van der Waals surface area contributed by atoms with Crippen LogP contribution in [0.1, 0.15) is 32.6 Å². The normalized spacial score (nSPS) is 12.0. The Morgan fingerprint density at radius 3 is 2.40 bits per heavy atom. The zero-order chi connectivity index (χ0) is 11.6. The van der Waals surface area contributed by atoms with Gasteiger partial charge >= 0.3 is 6.18 Å². The fraction of sp³-hybridized carbons (Fsp3) is 1.00. The molecule has 0 heterocycles. The van der Waals surface area contributed by atoms with Crippen LogP contribution >= 0.6 is 0 Å². The van der Waals surface area contributed by atoms with Gasteiger partial charge in [0.05, 0.1) is 6.61 Å². The number of rotatable bonds is 9. The summed E-state index contributed by atoms with van der Waals surface area (Å²) in [5.74, 6) is 0. The van der Waals surface area contributed by atoms with Gasteiger partial charge in [-0.2, -0.15) is 13.2 Å². The Morgan fingerprint density at radius 1 is 1.07 bits per heavy atom. The van der Waals surface area contributed by atoms with Crippen LogP contribution in [-0.2, 0) is 4.74 Å². The van der Waals surface area contributed by atoms with E-state index in [-0.39, 0.29) is 6.42 Å². The second-order valence-electron chi connectivity index (χ2n) is 3.43. The molecular weight excluding hydrogens is 207 g/mol. The average molecular weight is 227 g/mol. The first kappa shape index (κ1) is 14.7. The molecule has 0 aliphatic heterocycles. The van der Waals surface area contributed by atoms with Crippen molar-refractivity contribution in [3.05, 3.63) is 0 Å². The van der Waals surface area contributed by atoms with Gasteiger partial charge in [0.25, 0.3) is 0 Å². The lowest BCUT2D eigenvalue weighted by Crippen LogP contribution is -2.22. The predicted octanol–water partition coefficient (Wildman–Crippen LogP) is 2.74. The van der Waals surface area contributed by atoms with Gasteiger partial charge in [-0.15, -0.1) is 0 Å². The Bertz CT molecular complexity index is 139. The van der Waals surface area contributed by atoms with Crippen molar-refractivity contribution in [3.8, 4) is 0 Å². The summed E-state index contributed by atoms with van der Waals surface area (Å²) in [4.78, 5) is 0. The van der Waals surface area contributed by atoms with Crippen LogP contribution in [0.2, 0.25) is 0 Å². The van der Waals surface area contributed by atoms with Crippen molar-refractivity contribution in [1.29, 1.82) is 0 Å². The number of hydrogen-bond donors (Lipinski definition) is 1. The fourth-order valence-electron chi connectivity index (χ4n) is 1.03. The summed E-state index contributed by atoms with van der Waals surface area (Å²) in [5.41, 5.74) is 0. The number of unbranched alkanes of at least 4 members (excludes halogenated alkanes) is 1. The number of halogens is 3. The molecule has 0 saturated heterocycles. The molecule has 0 fully saturated rings. The van der Waals surface area contributed by atoms with Crippen LogP contribution in [0.4, 0.5) is 13.2 Å². The summed E-state index contributed by atoms with van der Waals surface area (Å²) in [5, 5.41) is 2.91. The first-order valence-electron chi connectivity index (χ1n) is 5.41. The van der Waals surface area contributed by atoms with Crippen molar-refractivity contribution >= 4 is 0 Å². The molecule has 0 aromatic carbocycles. The molecule has 0 atom stereocenters. The Labute approximate surface area is 89.2 Å². The minimum absolute atomic E-state index is 0.137. The summed E-state index contributed by atoms with van der Waals surface area (Å²) in [6.45, 7) is 4.42. The molecule has 0 unspecified atom stereocenters. The van der Waals surface area contributed by atoms with Gasteiger partial charge in [-0.3, -0.25) is 0 Å². The van der Waals surface area contributed by atoms with Crippen LogP contribution in [0.3, 0.4) is 0 Å². The zero-order valence-electron chi connectivity index (χ0n) is 9.20. The van der Waals surface area contributed by atoms with E-state index in [1.807, 2.05) is 0 Å². The van der Waals surface area contributed by atoms with E-state index in [2.05, 4.69) is 12.2 Å². The van der Waals surface area contributed by atoms with Gasteiger partial charge in [0.15, 0.2) is 0 Å². The minimum Gasteiger partial charge on any atom is -0.380 e. The average Bonchev–Trinajstić information content (AvgIpc) is 2.14. The SMILES string of the molecule is CCCCOCCNCCCC(F)(F)F. The van der Waals surface area contributed by atoms with Crippen molar-refractivity contribution in [1.82, 2.24) is 5.32 Å². The highest BCUT2D eigenvalue weighted by molar-refractivity contribution is 4.53. The quantitative estimate of drug-likeness (QED) is 0.611. The van der Waals surface area contributed by atoms with Crippen molar-refractivity contribution in [2.24, 2.45) is 0 Å². The van der Waals surface area contributed by atoms with Crippen LogP contribution in [0.25, 0.3) is 0 Å². The topological polar surface area (TPSA) is 21.3 Å². The third kappa shape index (κ3) is 13.7. The largest absolute Gasteiger partial charge is 0.389 e. The summed E-state index contributed by atoms with van der Waals surface area (Å²) < 4.78 is 40.4. The van der Waals surface area contributed by atoms with Gasteiger partial charge in [0, 0.05) is 19.6 Å². The molecule has 15 heavy (non-hydrogen) atoms. The second kappa shape index (κ2) is 8.97. The summed E-state index contributed by atoms with van der Waals surface area (Å²) in [7, 11) is 0. The molecule has 92 valence electrons. The van der Waals surface area contributed by atoms with E-state index in [1.54, 1.807) is 0 Å². The standard InChI is InChI=1S/C10H20F3NO/c1-2-3-8-15-9-7-14-6-4-5-10(11,12)13/h14H,2-9H2,1H3. The molecular formula is C10H20F3NO. The Morgan fingerprint density at radius 2 is 1.80 bits per heavy atom. The van der Waals surface area contributed by atoms with E-state index >= 15 is 0 Å². The highest BCUT2D eigenvalue weighted by Crippen LogP contribution is 2.20. The molecule has 0 spiro atoms. The molecule has 0 aliphatic carbocycles. The third-order valence-corrected chi connectivity index (χ3v) is 1.88. The maximum Gasteiger partial charge on any atom is 0.389 e. The molecule has 0 aliphatic rings. The minimum atomic E-state index is -4.03. The molecule has 0 amide bonds. The monoisotopic (exact) mass is 227 g/mol. The zero-order valence-corrected chi connectivity index (χ0v) is 9.20. The van der Waals surface area contributed by atoms with E-state index < -0.39 is 12.6 Å². The Balaban J connectivity index is 2.99. The second-order valence-corrected chi connectivity index (χ2v) is 3.43. The van der Waals surface area contributed by atoms with Gasteiger partial charge in [-0.05, 0) is 19.4 Å². The fourth-order valence-corrected chi connectivity index (χ4v) is 1.03. The van der Waals surface area contributed by atoms with E-state index in [9.17, 15) is 13.2 Å². The molecule has 0 saturated carbocycles. The van der Waals surface area contributed by atoms with Crippen molar-refractivity contribution in [2.75, 3.05) is 26.3 Å². The number of nitrogens with one attached hydrogen (secondary N) is 1. The smallest absolute Gasteiger partial charge is 0.380 e. The molecule has 0 radical (unpaired) electrons. The number of alkyl halides is 3. The van der Waals surface area contributed by atoms with Crippen LogP contribution in [-0.4, -0.2) is 32.5 Å². The van der Waals surface area contributed by atoms with Crippen molar-refractivity contribution in [3.63, 3.8) is 0 Å². The number of hydrogen-bond acceptors (Lipinski definition) is 2. The lowest BCUT2D eigenvalue weighted by Gasteiger charge is -2.07. The maximum atomic E-state index is 11.7. The highest BCUT2D eigenvalue weighted by atomic mass is 19.4. The molecule has 1 N–H and O–H groups in total. The van der Waals surface area contributed by atoms with Gasteiger partial charge in [0.2, 0.25) is 0 Å². The van der Waals surface area contributed by atoms with E-state index in [0.29, 0.717) is 19.7 Å².